The van der Waals surface area contributed by atoms with Crippen molar-refractivity contribution in [2.75, 3.05) is 11.4 Å². The molecule has 0 aliphatic carbocycles. The third-order valence-electron chi connectivity index (χ3n) is 3.74. The maximum atomic E-state index is 12.6. The summed E-state index contributed by atoms with van der Waals surface area (Å²) in [6, 6.07) is 3.43. The van der Waals surface area contributed by atoms with E-state index in [4.69, 9.17) is 4.52 Å². The Hall–Kier alpha value is -2.90. The summed E-state index contributed by atoms with van der Waals surface area (Å²) in [6.07, 6.45) is 5.27. The molecule has 0 aromatic carbocycles. The molecule has 4 heterocycles. The summed E-state index contributed by atoms with van der Waals surface area (Å²) in [6.45, 7) is 0.650. The Morgan fingerprint density at radius 1 is 1.45 bits per heavy atom. The first-order chi connectivity index (χ1) is 10.7. The molecule has 0 atom stereocenters. The summed E-state index contributed by atoms with van der Waals surface area (Å²) in [5.41, 5.74) is 2.72. The number of aromatic amines is 1. The number of hydrogen-bond donors (Lipinski definition) is 1. The first kappa shape index (κ1) is 12.8. The van der Waals surface area contributed by atoms with Crippen LogP contribution in [0, 0.1) is 0 Å². The van der Waals surface area contributed by atoms with Crippen molar-refractivity contribution in [3.05, 3.63) is 35.9 Å². The zero-order valence-electron chi connectivity index (χ0n) is 12.0. The normalized spacial score (nSPS) is 14.1. The average molecular weight is 298 g/mol. The lowest BCUT2D eigenvalue weighted by Crippen LogP contribution is -2.35. The van der Waals surface area contributed by atoms with Gasteiger partial charge in [0.15, 0.2) is 11.5 Å². The fourth-order valence-electron chi connectivity index (χ4n) is 2.65. The Labute approximate surface area is 125 Å². The van der Waals surface area contributed by atoms with Gasteiger partial charge in [-0.15, -0.1) is 0 Å². The van der Waals surface area contributed by atoms with Gasteiger partial charge in [-0.3, -0.25) is 14.6 Å². The zero-order chi connectivity index (χ0) is 15.1. The minimum Gasteiger partial charge on any atom is -0.354 e. The lowest BCUT2D eigenvalue weighted by Gasteiger charge is -2.25. The second kappa shape index (κ2) is 4.83. The Morgan fingerprint density at radius 2 is 2.36 bits per heavy atom. The molecule has 0 saturated heterocycles. The average Bonchev–Trinajstić information content (AvgIpc) is 3.25. The van der Waals surface area contributed by atoms with Crippen molar-refractivity contribution < 1.29 is 9.32 Å². The number of hydrogen-bond acceptors (Lipinski definition) is 5. The fourth-order valence-corrected chi connectivity index (χ4v) is 2.65. The molecule has 0 radical (unpaired) electrons. The number of amides is 1. The van der Waals surface area contributed by atoms with Gasteiger partial charge in [-0.05, 0) is 18.9 Å². The summed E-state index contributed by atoms with van der Waals surface area (Å²) in [4.78, 5) is 14.3. The van der Waals surface area contributed by atoms with Gasteiger partial charge >= 0.3 is 0 Å². The van der Waals surface area contributed by atoms with Crippen LogP contribution in [-0.4, -0.2) is 37.6 Å². The highest BCUT2D eigenvalue weighted by molar-refractivity contribution is 6.05. The second-order valence-electron chi connectivity index (χ2n) is 5.25. The van der Waals surface area contributed by atoms with E-state index in [2.05, 4.69) is 20.5 Å². The summed E-state index contributed by atoms with van der Waals surface area (Å²) in [7, 11) is 1.82. The van der Waals surface area contributed by atoms with Crippen molar-refractivity contribution in [1.82, 2.24) is 25.1 Å². The van der Waals surface area contributed by atoms with Gasteiger partial charge in [0.1, 0.15) is 5.69 Å². The van der Waals surface area contributed by atoms with E-state index in [1.165, 1.54) is 0 Å². The molecule has 112 valence electrons. The molecule has 8 heteroatoms. The summed E-state index contributed by atoms with van der Waals surface area (Å²) in [5.74, 6) is 0.293. The standard InChI is InChI=1S/C14H14N6O2/c1-19-6-4-10(17-19)13-7-11(18-22-13)14(21)20-5-2-3-9-12(20)8-15-16-9/h4,6-8H,2-3,5H2,1H3,(H,15,16). The Morgan fingerprint density at radius 3 is 3.18 bits per heavy atom. The smallest absolute Gasteiger partial charge is 0.280 e. The van der Waals surface area contributed by atoms with Gasteiger partial charge < -0.3 is 9.42 Å². The van der Waals surface area contributed by atoms with E-state index in [-0.39, 0.29) is 11.6 Å². The molecule has 1 amide bonds. The number of carbonyl (C=O) groups excluding carboxylic acids is 1. The molecule has 4 rings (SSSR count). The van der Waals surface area contributed by atoms with Crippen LogP contribution in [0.15, 0.2) is 29.0 Å². The first-order valence-electron chi connectivity index (χ1n) is 7.03. The predicted molar refractivity (Wildman–Crippen MR) is 77.3 cm³/mol. The number of nitrogens with zero attached hydrogens (tertiary/aromatic N) is 5. The molecule has 22 heavy (non-hydrogen) atoms. The van der Waals surface area contributed by atoms with Crippen molar-refractivity contribution in [1.29, 1.82) is 0 Å². The highest BCUT2D eigenvalue weighted by Gasteiger charge is 2.27. The van der Waals surface area contributed by atoms with Gasteiger partial charge in [0.25, 0.3) is 5.91 Å². The molecule has 0 fully saturated rings. The Balaban J connectivity index is 1.63. The Bertz CT molecular complexity index is 830. The first-order valence-corrected chi connectivity index (χ1v) is 7.03. The van der Waals surface area contributed by atoms with Crippen LogP contribution in [0.3, 0.4) is 0 Å². The van der Waals surface area contributed by atoms with Crippen LogP contribution < -0.4 is 4.90 Å². The van der Waals surface area contributed by atoms with Crippen LogP contribution in [-0.2, 0) is 13.5 Å². The van der Waals surface area contributed by atoms with Crippen LogP contribution in [0.25, 0.3) is 11.5 Å². The second-order valence-corrected chi connectivity index (χ2v) is 5.25. The van der Waals surface area contributed by atoms with Gasteiger partial charge in [0, 0.05) is 25.9 Å². The van der Waals surface area contributed by atoms with Crippen molar-refractivity contribution in [3.8, 4) is 11.5 Å². The third kappa shape index (κ3) is 2.00. The topological polar surface area (TPSA) is 92.8 Å². The minimum atomic E-state index is -0.187. The van der Waals surface area contributed by atoms with Gasteiger partial charge in [0.2, 0.25) is 0 Å². The molecule has 1 N–H and O–H groups in total. The molecule has 3 aromatic rings. The quantitative estimate of drug-likeness (QED) is 0.771. The highest BCUT2D eigenvalue weighted by atomic mass is 16.5. The molecular weight excluding hydrogens is 284 g/mol. The van der Waals surface area contributed by atoms with Gasteiger partial charge in [-0.25, -0.2) is 0 Å². The molecule has 3 aromatic heterocycles. The molecule has 0 saturated carbocycles. The van der Waals surface area contributed by atoms with Gasteiger partial charge in [-0.1, -0.05) is 5.16 Å². The zero-order valence-corrected chi connectivity index (χ0v) is 12.0. The number of aromatic nitrogens is 5. The van der Waals surface area contributed by atoms with E-state index in [0.29, 0.717) is 18.0 Å². The van der Waals surface area contributed by atoms with E-state index in [0.717, 1.165) is 24.2 Å². The highest BCUT2D eigenvalue weighted by Crippen LogP contribution is 2.27. The van der Waals surface area contributed by atoms with E-state index >= 15 is 0 Å². The van der Waals surface area contributed by atoms with Crippen LogP contribution >= 0.6 is 0 Å². The fraction of sp³-hybridized carbons (Fsp3) is 0.286. The number of fused-ring (bicyclic) bond motifs is 1. The lowest BCUT2D eigenvalue weighted by atomic mass is 10.1. The van der Waals surface area contributed by atoms with Crippen molar-refractivity contribution >= 4 is 11.6 Å². The maximum absolute atomic E-state index is 12.6. The van der Waals surface area contributed by atoms with E-state index in [1.807, 2.05) is 19.3 Å². The number of anilines is 1. The van der Waals surface area contributed by atoms with Crippen molar-refractivity contribution in [2.24, 2.45) is 7.05 Å². The molecule has 8 nitrogen and oxygen atoms in total. The SMILES string of the molecule is Cn1ccc(-c2cc(C(=O)N3CCCc4[nH]ncc43)no2)n1. The number of rotatable bonds is 2. The van der Waals surface area contributed by atoms with Crippen molar-refractivity contribution in [3.63, 3.8) is 0 Å². The largest absolute Gasteiger partial charge is 0.354 e. The monoisotopic (exact) mass is 298 g/mol. The Kier molecular flexibility index (Phi) is 2.81. The summed E-state index contributed by atoms with van der Waals surface area (Å²) < 4.78 is 6.92. The van der Waals surface area contributed by atoms with Crippen LogP contribution in [0.5, 0.6) is 0 Å². The third-order valence-corrected chi connectivity index (χ3v) is 3.74. The molecule has 1 aliphatic rings. The molecule has 0 bridgehead atoms. The van der Waals surface area contributed by atoms with E-state index < -0.39 is 0 Å². The number of carbonyl (C=O) groups is 1. The van der Waals surface area contributed by atoms with Crippen LogP contribution in [0.1, 0.15) is 22.6 Å². The lowest BCUT2D eigenvalue weighted by molar-refractivity contribution is 0.0976. The van der Waals surface area contributed by atoms with Crippen molar-refractivity contribution in [2.45, 2.75) is 12.8 Å². The van der Waals surface area contributed by atoms with Gasteiger partial charge in [0.05, 0.1) is 17.6 Å². The molecule has 0 unspecified atom stereocenters. The summed E-state index contributed by atoms with van der Waals surface area (Å²) >= 11 is 0. The van der Waals surface area contributed by atoms with E-state index in [1.54, 1.807) is 21.8 Å². The van der Waals surface area contributed by atoms with Crippen LogP contribution in [0.2, 0.25) is 0 Å². The number of nitrogens with one attached hydrogen (secondary N) is 1. The number of H-pyrrole nitrogens is 1. The molecule has 1 aliphatic heterocycles. The van der Waals surface area contributed by atoms with E-state index in [9.17, 15) is 4.79 Å². The summed E-state index contributed by atoms with van der Waals surface area (Å²) in [5, 5.41) is 15.1. The minimum absolute atomic E-state index is 0.187. The molecular formula is C14H14N6O2. The number of aryl methyl sites for hydroxylation is 2. The van der Waals surface area contributed by atoms with Crippen LogP contribution in [0.4, 0.5) is 5.69 Å². The maximum Gasteiger partial charge on any atom is 0.280 e. The molecule has 0 spiro atoms. The van der Waals surface area contributed by atoms with Gasteiger partial charge in [-0.2, -0.15) is 10.2 Å². The predicted octanol–water partition coefficient (Wildman–Crippen LogP) is 1.39.